The number of aliphatic hydroxyl groups is 1. The molecule has 1 aromatic heterocycles. The van der Waals surface area contributed by atoms with Crippen LogP contribution in [0.5, 0.6) is 17.2 Å². The van der Waals surface area contributed by atoms with E-state index in [-0.39, 0.29) is 17.9 Å². The highest BCUT2D eigenvalue weighted by Gasteiger charge is 2.46. The normalized spacial score (nSPS) is 16.9. The van der Waals surface area contributed by atoms with Crippen LogP contribution in [0.1, 0.15) is 22.7 Å². The summed E-state index contributed by atoms with van der Waals surface area (Å²) in [5.74, 6) is 0.0221. The number of hydrogen-bond acceptors (Lipinski definition) is 7. The summed E-state index contributed by atoms with van der Waals surface area (Å²) in [7, 11) is 4.64. The van der Waals surface area contributed by atoms with E-state index in [0.29, 0.717) is 34.8 Å². The van der Waals surface area contributed by atoms with E-state index < -0.39 is 17.7 Å². The fraction of sp³-hybridized carbons (Fsp3) is 0.222. The SMILES string of the molecule is COc1cccc(C(O)=C2C(=O)C(=O)N(CCc3ccc(OC)c(OC)c3)[C@H]2c2cccnc2)c1. The molecule has 2 aromatic carbocycles. The Morgan fingerprint density at radius 1 is 0.971 bits per heavy atom. The number of carbonyl (C=O) groups is 2. The number of aliphatic hydroxyl groups excluding tert-OH is 1. The minimum absolute atomic E-state index is 0.0172. The van der Waals surface area contributed by atoms with Crippen molar-refractivity contribution in [3.63, 3.8) is 0 Å². The summed E-state index contributed by atoms with van der Waals surface area (Å²) in [6.45, 7) is 0.245. The van der Waals surface area contributed by atoms with E-state index >= 15 is 0 Å². The van der Waals surface area contributed by atoms with Crippen molar-refractivity contribution in [3.05, 3.63) is 89.3 Å². The highest BCUT2D eigenvalue weighted by molar-refractivity contribution is 6.46. The number of rotatable bonds is 8. The maximum Gasteiger partial charge on any atom is 0.295 e. The number of Topliss-reactive ketones (excluding diaryl/α,β-unsaturated/α-hetero) is 1. The number of likely N-dealkylation sites (tertiary alicyclic amines) is 1. The molecule has 1 aliphatic rings. The number of ether oxygens (including phenoxy) is 3. The summed E-state index contributed by atoms with van der Waals surface area (Å²) >= 11 is 0. The molecule has 1 amide bonds. The first-order valence-corrected chi connectivity index (χ1v) is 11.0. The van der Waals surface area contributed by atoms with Gasteiger partial charge in [0.2, 0.25) is 0 Å². The first-order valence-electron chi connectivity index (χ1n) is 11.0. The van der Waals surface area contributed by atoms with Gasteiger partial charge in [-0.1, -0.05) is 24.3 Å². The van der Waals surface area contributed by atoms with Gasteiger partial charge in [-0.3, -0.25) is 14.6 Å². The molecule has 8 heteroatoms. The molecule has 1 fully saturated rings. The number of ketones is 1. The van der Waals surface area contributed by atoms with Crippen molar-refractivity contribution >= 4 is 17.4 Å². The predicted octanol–water partition coefficient (Wildman–Crippen LogP) is 3.77. The van der Waals surface area contributed by atoms with Crippen molar-refractivity contribution in [2.24, 2.45) is 0 Å². The summed E-state index contributed by atoms with van der Waals surface area (Å²) in [6, 6.07) is 15.0. The Kier molecular flexibility index (Phi) is 7.01. The molecule has 0 unspecified atom stereocenters. The summed E-state index contributed by atoms with van der Waals surface area (Å²) < 4.78 is 15.9. The van der Waals surface area contributed by atoms with Gasteiger partial charge in [0.25, 0.3) is 11.7 Å². The Balaban J connectivity index is 1.73. The van der Waals surface area contributed by atoms with Gasteiger partial charge >= 0.3 is 0 Å². The molecule has 1 saturated heterocycles. The van der Waals surface area contributed by atoms with Gasteiger partial charge in [-0.15, -0.1) is 0 Å². The van der Waals surface area contributed by atoms with Crippen LogP contribution in [-0.4, -0.2) is 54.6 Å². The molecule has 0 spiro atoms. The lowest BCUT2D eigenvalue weighted by Crippen LogP contribution is -2.31. The molecule has 8 nitrogen and oxygen atoms in total. The second-order valence-electron chi connectivity index (χ2n) is 7.95. The summed E-state index contributed by atoms with van der Waals surface area (Å²) in [4.78, 5) is 31.9. The molecule has 1 atom stereocenters. The topological polar surface area (TPSA) is 98.2 Å². The van der Waals surface area contributed by atoms with Gasteiger partial charge in [-0.25, -0.2) is 0 Å². The number of nitrogens with zero attached hydrogens (tertiary/aromatic N) is 2. The number of benzene rings is 2. The molecule has 0 saturated carbocycles. The molecule has 0 radical (unpaired) electrons. The molecule has 2 heterocycles. The van der Waals surface area contributed by atoms with Crippen molar-refractivity contribution in [1.82, 2.24) is 9.88 Å². The monoisotopic (exact) mass is 474 g/mol. The average molecular weight is 475 g/mol. The van der Waals surface area contributed by atoms with Gasteiger partial charge in [-0.2, -0.15) is 0 Å². The van der Waals surface area contributed by atoms with Crippen LogP contribution in [0.15, 0.2) is 72.6 Å². The van der Waals surface area contributed by atoms with Gasteiger partial charge in [0.05, 0.1) is 32.9 Å². The lowest BCUT2D eigenvalue weighted by Gasteiger charge is -2.25. The fourth-order valence-electron chi connectivity index (χ4n) is 4.21. The minimum atomic E-state index is -0.782. The van der Waals surface area contributed by atoms with Crippen molar-refractivity contribution in [1.29, 1.82) is 0 Å². The van der Waals surface area contributed by atoms with Crippen molar-refractivity contribution in [3.8, 4) is 17.2 Å². The van der Waals surface area contributed by atoms with E-state index in [2.05, 4.69) is 4.98 Å². The standard InChI is InChI=1S/C27H26N2O6/c1-33-20-8-4-6-18(15-20)25(30)23-24(19-7-5-12-28-16-19)29(27(32)26(23)31)13-11-17-9-10-21(34-2)22(14-17)35-3/h4-10,12,14-16,24,30H,11,13H2,1-3H3/t24-/m0/s1. The zero-order valence-electron chi connectivity index (χ0n) is 19.7. The second-order valence-corrected chi connectivity index (χ2v) is 7.95. The van der Waals surface area contributed by atoms with E-state index in [0.717, 1.165) is 5.56 Å². The highest BCUT2D eigenvalue weighted by atomic mass is 16.5. The van der Waals surface area contributed by atoms with Crippen LogP contribution < -0.4 is 14.2 Å². The second kappa shape index (κ2) is 10.3. The number of amides is 1. The molecule has 4 rings (SSSR count). The number of hydrogen-bond donors (Lipinski definition) is 1. The first kappa shape index (κ1) is 23.8. The van der Waals surface area contributed by atoms with Crippen molar-refractivity contribution in [2.75, 3.05) is 27.9 Å². The van der Waals surface area contributed by atoms with Gasteiger partial charge in [0.1, 0.15) is 11.5 Å². The number of aromatic nitrogens is 1. The van der Waals surface area contributed by atoms with Crippen LogP contribution in [-0.2, 0) is 16.0 Å². The fourth-order valence-corrected chi connectivity index (χ4v) is 4.21. The largest absolute Gasteiger partial charge is 0.507 e. The molecule has 3 aromatic rings. The maximum absolute atomic E-state index is 13.2. The average Bonchev–Trinajstić information content (AvgIpc) is 3.16. The van der Waals surface area contributed by atoms with Gasteiger partial charge in [0, 0.05) is 24.5 Å². The van der Waals surface area contributed by atoms with Crippen LogP contribution in [0.25, 0.3) is 5.76 Å². The number of methoxy groups -OCH3 is 3. The van der Waals surface area contributed by atoms with Crippen molar-refractivity contribution in [2.45, 2.75) is 12.5 Å². The Labute approximate surface area is 203 Å². The minimum Gasteiger partial charge on any atom is -0.507 e. The Bertz CT molecular complexity index is 1270. The molecular weight excluding hydrogens is 448 g/mol. The van der Waals surface area contributed by atoms with E-state index in [1.807, 2.05) is 12.1 Å². The zero-order chi connectivity index (χ0) is 24.9. The Morgan fingerprint density at radius 3 is 2.46 bits per heavy atom. The van der Waals surface area contributed by atoms with Crippen molar-refractivity contribution < 1.29 is 28.9 Å². The molecule has 180 valence electrons. The zero-order valence-corrected chi connectivity index (χ0v) is 19.7. The van der Waals surface area contributed by atoms with E-state index in [9.17, 15) is 14.7 Å². The molecule has 0 aliphatic carbocycles. The van der Waals surface area contributed by atoms with Gasteiger partial charge in [-0.05, 0) is 47.9 Å². The van der Waals surface area contributed by atoms with Gasteiger partial charge in [0.15, 0.2) is 11.5 Å². The molecule has 1 aliphatic heterocycles. The first-order chi connectivity index (χ1) is 17.0. The highest BCUT2D eigenvalue weighted by Crippen LogP contribution is 2.39. The van der Waals surface area contributed by atoms with E-state index in [4.69, 9.17) is 14.2 Å². The molecule has 35 heavy (non-hydrogen) atoms. The van der Waals surface area contributed by atoms with Gasteiger partial charge < -0.3 is 24.2 Å². The van der Waals surface area contributed by atoms with E-state index in [1.54, 1.807) is 69.1 Å². The maximum atomic E-state index is 13.2. The lowest BCUT2D eigenvalue weighted by molar-refractivity contribution is -0.139. The Morgan fingerprint density at radius 2 is 1.77 bits per heavy atom. The van der Waals surface area contributed by atoms with Crippen LogP contribution in [0.3, 0.4) is 0 Å². The third-order valence-corrected chi connectivity index (χ3v) is 5.97. The number of carbonyl (C=O) groups excluding carboxylic acids is 2. The summed E-state index contributed by atoms with van der Waals surface area (Å²) in [5, 5.41) is 11.2. The molecular formula is C27H26N2O6. The third-order valence-electron chi connectivity index (χ3n) is 5.97. The van der Waals surface area contributed by atoms with E-state index in [1.165, 1.54) is 12.0 Å². The summed E-state index contributed by atoms with van der Waals surface area (Å²) in [5.41, 5.74) is 1.94. The smallest absolute Gasteiger partial charge is 0.295 e. The predicted molar refractivity (Wildman–Crippen MR) is 129 cm³/mol. The lowest BCUT2D eigenvalue weighted by atomic mass is 9.96. The quantitative estimate of drug-likeness (QED) is 0.301. The molecule has 0 bridgehead atoms. The van der Waals surface area contributed by atoms with Crippen LogP contribution in [0.4, 0.5) is 0 Å². The third kappa shape index (κ3) is 4.68. The summed E-state index contributed by atoms with van der Waals surface area (Å²) in [6.07, 6.45) is 3.67. The number of pyridine rings is 1. The van der Waals surface area contributed by atoms with Crippen LogP contribution in [0.2, 0.25) is 0 Å². The van der Waals surface area contributed by atoms with Crippen LogP contribution in [0, 0.1) is 0 Å². The molecule has 1 N–H and O–H groups in total. The van der Waals surface area contributed by atoms with Crippen LogP contribution >= 0.6 is 0 Å². The Hall–Kier alpha value is -4.33.